The number of halogens is 1. The number of hydrogen-bond acceptors (Lipinski definition) is 6. The van der Waals surface area contributed by atoms with Crippen LogP contribution in [0.3, 0.4) is 0 Å². The normalized spacial score (nSPS) is 22.7. The van der Waals surface area contributed by atoms with Gasteiger partial charge in [0.25, 0.3) is 0 Å². The molecule has 0 radical (unpaired) electrons. The van der Waals surface area contributed by atoms with Crippen LogP contribution < -0.4 is 5.32 Å². The van der Waals surface area contributed by atoms with Crippen molar-refractivity contribution in [3.8, 4) is 0 Å². The summed E-state index contributed by atoms with van der Waals surface area (Å²) in [7, 11) is 0. The van der Waals surface area contributed by atoms with Gasteiger partial charge in [-0.3, -0.25) is 9.88 Å². The molecule has 118 valence electrons. The first kappa shape index (κ1) is 15.6. The van der Waals surface area contributed by atoms with E-state index in [0.717, 1.165) is 36.9 Å². The highest BCUT2D eigenvalue weighted by Crippen LogP contribution is 2.23. The van der Waals surface area contributed by atoms with E-state index in [1.807, 2.05) is 6.20 Å². The average Bonchev–Trinajstić information content (AvgIpc) is 2.87. The van der Waals surface area contributed by atoms with E-state index in [0.29, 0.717) is 17.1 Å². The lowest BCUT2D eigenvalue weighted by Crippen LogP contribution is -2.44. The van der Waals surface area contributed by atoms with E-state index < -0.39 is 0 Å². The Morgan fingerprint density at radius 3 is 2.95 bits per heavy atom. The van der Waals surface area contributed by atoms with Gasteiger partial charge in [-0.05, 0) is 19.3 Å². The van der Waals surface area contributed by atoms with Crippen molar-refractivity contribution in [3.63, 3.8) is 0 Å². The Morgan fingerprint density at radius 1 is 1.41 bits per heavy atom. The Hall–Kier alpha value is -1.24. The highest BCUT2D eigenvalue weighted by atomic mass is 35.5. The van der Waals surface area contributed by atoms with Gasteiger partial charge in [0.15, 0.2) is 0 Å². The van der Waals surface area contributed by atoms with Crippen molar-refractivity contribution >= 4 is 28.8 Å². The summed E-state index contributed by atoms with van der Waals surface area (Å²) < 4.78 is 0. The number of anilines is 1. The van der Waals surface area contributed by atoms with Gasteiger partial charge in [-0.2, -0.15) is 0 Å². The standard InChI is InChI=1S/C15H20ClN5S/c1-10-8-21(9-12-5-18-11(2)22-12)4-3-13(10)19-15-7-17-6-14(16)20-15/h5-7,10,13H,3-4,8-9H2,1-2H3,(H,19,20)/t10-,13-/m0/s1. The van der Waals surface area contributed by atoms with E-state index in [9.17, 15) is 0 Å². The highest BCUT2D eigenvalue weighted by molar-refractivity contribution is 7.11. The zero-order valence-corrected chi connectivity index (χ0v) is 14.4. The number of thiazole rings is 1. The number of piperidine rings is 1. The molecule has 1 fully saturated rings. The molecular formula is C15H20ClN5S. The Kier molecular flexibility index (Phi) is 4.90. The fraction of sp³-hybridized carbons (Fsp3) is 0.533. The molecule has 0 aliphatic carbocycles. The molecule has 1 saturated heterocycles. The SMILES string of the molecule is Cc1ncc(CN2CC[C@H](Nc3cncc(Cl)n3)[C@@H](C)C2)s1. The second-order valence-electron chi connectivity index (χ2n) is 5.82. The van der Waals surface area contributed by atoms with Gasteiger partial charge in [0.05, 0.1) is 17.4 Å². The molecule has 1 aliphatic heterocycles. The lowest BCUT2D eigenvalue weighted by atomic mass is 9.94. The van der Waals surface area contributed by atoms with Gasteiger partial charge in [-0.1, -0.05) is 18.5 Å². The predicted molar refractivity (Wildman–Crippen MR) is 90.4 cm³/mol. The minimum atomic E-state index is 0.409. The third kappa shape index (κ3) is 3.94. The molecule has 22 heavy (non-hydrogen) atoms. The predicted octanol–water partition coefficient (Wildman–Crippen LogP) is 3.22. The molecule has 0 saturated carbocycles. The molecule has 2 atom stereocenters. The summed E-state index contributed by atoms with van der Waals surface area (Å²) in [6, 6.07) is 0.409. The fourth-order valence-corrected chi connectivity index (χ4v) is 3.88. The molecule has 2 aromatic rings. The maximum Gasteiger partial charge on any atom is 0.149 e. The van der Waals surface area contributed by atoms with Gasteiger partial charge in [0.1, 0.15) is 11.0 Å². The summed E-state index contributed by atoms with van der Waals surface area (Å²) in [5, 5.41) is 5.03. The Labute approximate surface area is 139 Å². The monoisotopic (exact) mass is 337 g/mol. The Bertz CT molecular complexity index is 632. The van der Waals surface area contributed by atoms with Crippen molar-refractivity contribution in [1.82, 2.24) is 19.9 Å². The first-order chi connectivity index (χ1) is 10.6. The quantitative estimate of drug-likeness (QED) is 0.928. The molecule has 5 nitrogen and oxygen atoms in total. The van der Waals surface area contributed by atoms with Gasteiger partial charge in [0, 0.05) is 36.8 Å². The van der Waals surface area contributed by atoms with Crippen molar-refractivity contribution in [2.24, 2.45) is 5.92 Å². The lowest BCUT2D eigenvalue weighted by Gasteiger charge is -2.37. The minimum absolute atomic E-state index is 0.409. The largest absolute Gasteiger partial charge is 0.366 e. The zero-order valence-electron chi connectivity index (χ0n) is 12.8. The van der Waals surface area contributed by atoms with Gasteiger partial charge in [0.2, 0.25) is 0 Å². The van der Waals surface area contributed by atoms with Gasteiger partial charge in [-0.25, -0.2) is 9.97 Å². The van der Waals surface area contributed by atoms with E-state index >= 15 is 0 Å². The molecule has 0 bridgehead atoms. The van der Waals surface area contributed by atoms with Crippen LogP contribution in [0.1, 0.15) is 23.2 Å². The minimum Gasteiger partial charge on any atom is -0.366 e. The van der Waals surface area contributed by atoms with Gasteiger partial charge >= 0.3 is 0 Å². The second-order valence-corrected chi connectivity index (χ2v) is 7.53. The Balaban J connectivity index is 1.55. The topological polar surface area (TPSA) is 53.9 Å². The van der Waals surface area contributed by atoms with Crippen LogP contribution in [-0.2, 0) is 6.54 Å². The second kappa shape index (κ2) is 6.89. The van der Waals surface area contributed by atoms with E-state index in [1.165, 1.54) is 4.88 Å². The molecule has 1 N–H and O–H groups in total. The average molecular weight is 338 g/mol. The number of nitrogens with one attached hydrogen (secondary N) is 1. The number of rotatable bonds is 4. The third-order valence-corrected chi connectivity index (χ3v) is 5.06. The molecule has 0 amide bonds. The lowest BCUT2D eigenvalue weighted by molar-refractivity contribution is 0.166. The van der Waals surface area contributed by atoms with Crippen LogP contribution in [0.25, 0.3) is 0 Å². The summed E-state index contributed by atoms with van der Waals surface area (Å²) in [6.07, 6.45) is 6.37. The van der Waals surface area contributed by atoms with E-state index in [1.54, 1.807) is 23.7 Å². The molecule has 2 aromatic heterocycles. The maximum absolute atomic E-state index is 5.89. The first-order valence-corrected chi connectivity index (χ1v) is 8.67. The Morgan fingerprint density at radius 2 is 2.27 bits per heavy atom. The van der Waals surface area contributed by atoms with Gasteiger partial charge in [-0.15, -0.1) is 11.3 Å². The van der Waals surface area contributed by atoms with Crippen molar-refractivity contribution in [2.75, 3.05) is 18.4 Å². The van der Waals surface area contributed by atoms with E-state index in [4.69, 9.17) is 11.6 Å². The van der Waals surface area contributed by atoms with Crippen molar-refractivity contribution in [3.05, 3.63) is 33.6 Å². The summed E-state index contributed by atoms with van der Waals surface area (Å²) >= 11 is 7.67. The molecule has 3 rings (SSSR count). The van der Waals surface area contributed by atoms with Gasteiger partial charge < -0.3 is 5.32 Å². The van der Waals surface area contributed by atoms with Crippen LogP contribution in [0.5, 0.6) is 0 Å². The molecule has 0 aromatic carbocycles. The third-order valence-electron chi connectivity index (χ3n) is 3.98. The van der Waals surface area contributed by atoms with Crippen LogP contribution in [-0.4, -0.2) is 39.0 Å². The molecular weight excluding hydrogens is 318 g/mol. The molecule has 0 unspecified atom stereocenters. The molecule has 3 heterocycles. The number of aryl methyl sites for hydroxylation is 1. The molecule has 1 aliphatic rings. The van der Waals surface area contributed by atoms with Crippen molar-refractivity contribution in [2.45, 2.75) is 32.9 Å². The first-order valence-electron chi connectivity index (χ1n) is 7.48. The van der Waals surface area contributed by atoms with Crippen LogP contribution in [0.15, 0.2) is 18.6 Å². The van der Waals surface area contributed by atoms with E-state index in [2.05, 4.69) is 39.0 Å². The van der Waals surface area contributed by atoms with Crippen molar-refractivity contribution in [1.29, 1.82) is 0 Å². The summed E-state index contributed by atoms with van der Waals surface area (Å²) in [5.41, 5.74) is 0. The van der Waals surface area contributed by atoms with Crippen LogP contribution in [0, 0.1) is 12.8 Å². The summed E-state index contributed by atoms with van der Waals surface area (Å²) in [6.45, 7) is 7.48. The van der Waals surface area contributed by atoms with Crippen LogP contribution >= 0.6 is 22.9 Å². The number of likely N-dealkylation sites (tertiary alicyclic amines) is 1. The van der Waals surface area contributed by atoms with Crippen molar-refractivity contribution < 1.29 is 0 Å². The van der Waals surface area contributed by atoms with Crippen LogP contribution in [0.4, 0.5) is 5.82 Å². The highest BCUT2D eigenvalue weighted by Gasteiger charge is 2.26. The smallest absolute Gasteiger partial charge is 0.149 e. The maximum atomic E-state index is 5.89. The molecule has 7 heteroatoms. The molecule has 0 spiro atoms. The summed E-state index contributed by atoms with van der Waals surface area (Å²) in [4.78, 5) is 16.5. The van der Waals surface area contributed by atoms with Crippen LogP contribution in [0.2, 0.25) is 5.15 Å². The number of nitrogens with zero attached hydrogens (tertiary/aromatic N) is 4. The fourth-order valence-electron chi connectivity index (χ4n) is 2.89. The van der Waals surface area contributed by atoms with E-state index in [-0.39, 0.29) is 0 Å². The number of hydrogen-bond donors (Lipinski definition) is 1. The number of aromatic nitrogens is 3. The zero-order chi connectivity index (χ0) is 15.5. The summed E-state index contributed by atoms with van der Waals surface area (Å²) in [5.74, 6) is 1.31.